The van der Waals surface area contributed by atoms with Crippen molar-refractivity contribution in [2.75, 3.05) is 6.54 Å². The maximum absolute atomic E-state index is 14.5. The number of halogens is 2. The van der Waals surface area contributed by atoms with Crippen LogP contribution in [0.5, 0.6) is 0 Å². The molecule has 0 aliphatic rings. The lowest BCUT2D eigenvalue weighted by Crippen LogP contribution is -2.51. The first-order chi connectivity index (χ1) is 16.9. The van der Waals surface area contributed by atoms with Gasteiger partial charge in [0.1, 0.15) is 11.9 Å². The van der Waals surface area contributed by atoms with E-state index in [1.807, 2.05) is 61.5 Å². The molecule has 1 atom stereocenters. The van der Waals surface area contributed by atoms with Crippen molar-refractivity contribution in [3.05, 3.63) is 106 Å². The zero-order valence-corrected chi connectivity index (χ0v) is 21.0. The average Bonchev–Trinajstić information content (AvgIpc) is 2.85. The number of aryl methyl sites for hydroxylation is 1. The van der Waals surface area contributed by atoms with Crippen molar-refractivity contribution in [2.45, 2.75) is 52.1 Å². The Kier molecular flexibility index (Phi) is 9.86. The third-order valence-corrected chi connectivity index (χ3v) is 6.45. The van der Waals surface area contributed by atoms with Crippen LogP contribution in [0.3, 0.4) is 0 Å². The smallest absolute Gasteiger partial charge is 0.243 e. The first-order valence-corrected chi connectivity index (χ1v) is 12.4. The number of rotatable bonds is 11. The average molecular weight is 495 g/mol. The van der Waals surface area contributed by atoms with E-state index in [4.69, 9.17) is 11.6 Å². The Morgan fingerprint density at radius 3 is 2.40 bits per heavy atom. The summed E-state index contributed by atoms with van der Waals surface area (Å²) >= 11 is 6.23. The number of benzene rings is 3. The van der Waals surface area contributed by atoms with Crippen LogP contribution in [0, 0.1) is 12.7 Å². The predicted octanol–water partition coefficient (Wildman–Crippen LogP) is 5.89. The van der Waals surface area contributed by atoms with Crippen LogP contribution in [0.25, 0.3) is 0 Å². The van der Waals surface area contributed by atoms with Crippen molar-refractivity contribution in [1.82, 2.24) is 10.2 Å². The molecular formula is C29H32ClFN2O2. The van der Waals surface area contributed by atoms with Crippen molar-refractivity contribution in [3.8, 4) is 0 Å². The Labute approximate surface area is 212 Å². The maximum atomic E-state index is 14.5. The summed E-state index contributed by atoms with van der Waals surface area (Å²) in [6.45, 7) is 4.79. The van der Waals surface area contributed by atoms with Gasteiger partial charge >= 0.3 is 0 Å². The van der Waals surface area contributed by atoms with Crippen LogP contribution in [0.1, 0.15) is 42.0 Å². The summed E-state index contributed by atoms with van der Waals surface area (Å²) in [5.74, 6) is -1.11. The van der Waals surface area contributed by atoms with Crippen LogP contribution in [0.2, 0.25) is 5.02 Å². The van der Waals surface area contributed by atoms with Crippen molar-refractivity contribution in [1.29, 1.82) is 0 Å². The largest absolute Gasteiger partial charge is 0.354 e. The molecule has 1 N–H and O–H groups in total. The van der Waals surface area contributed by atoms with Gasteiger partial charge in [0.2, 0.25) is 11.8 Å². The lowest BCUT2D eigenvalue weighted by Gasteiger charge is -2.32. The van der Waals surface area contributed by atoms with E-state index in [9.17, 15) is 14.0 Å². The third kappa shape index (κ3) is 7.40. The molecule has 3 aromatic carbocycles. The molecule has 4 nitrogen and oxygen atoms in total. The second-order valence-electron chi connectivity index (χ2n) is 8.68. The van der Waals surface area contributed by atoms with Crippen LogP contribution in [-0.4, -0.2) is 29.3 Å². The van der Waals surface area contributed by atoms with Crippen LogP contribution in [0.4, 0.5) is 4.39 Å². The number of carbonyl (C=O) groups is 2. The third-order valence-electron chi connectivity index (χ3n) is 6.09. The van der Waals surface area contributed by atoms with Gasteiger partial charge in [-0.3, -0.25) is 9.59 Å². The molecule has 2 amide bonds. The van der Waals surface area contributed by atoms with Gasteiger partial charge in [-0.2, -0.15) is 0 Å². The first-order valence-electron chi connectivity index (χ1n) is 12.0. The number of amides is 2. The second kappa shape index (κ2) is 13.1. The summed E-state index contributed by atoms with van der Waals surface area (Å²) in [4.78, 5) is 28.7. The lowest BCUT2D eigenvalue weighted by molar-refractivity contribution is -0.140. The maximum Gasteiger partial charge on any atom is 0.243 e. The number of nitrogens with zero attached hydrogens (tertiary/aromatic N) is 1. The summed E-state index contributed by atoms with van der Waals surface area (Å²) in [6.07, 6.45) is 1.91. The van der Waals surface area contributed by atoms with Gasteiger partial charge < -0.3 is 10.2 Å². The van der Waals surface area contributed by atoms with Crippen molar-refractivity contribution < 1.29 is 14.0 Å². The van der Waals surface area contributed by atoms with E-state index in [-0.39, 0.29) is 35.4 Å². The van der Waals surface area contributed by atoms with E-state index in [1.54, 1.807) is 11.0 Å². The summed E-state index contributed by atoms with van der Waals surface area (Å²) in [7, 11) is 0. The van der Waals surface area contributed by atoms with Gasteiger partial charge in [0.15, 0.2) is 0 Å². The topological polar surface area (TPSA) is 49.4 Å². The number of hydrogen-bond acceptors (Lipinski definition) is 2. The lowest BCUT2D eigenvalue weighted by atomic mass is 10.00. The molecule has 0 aliphatic heterocycles. The van der Waals surface area contributed by atoms with Crippen LogP contribution in [0.15, 0.2) is 72.8 Å². The van der Waals surface area contributed by atoms with Gasteiger partial charge in [-0.05, 0) is 42.2 Å². The Bertz CT molecular complexity index is 1120. The van der Waals surface area contributed by atoms with Crippen LogP contribution in [-0.2, 0) is 29.0 Å². The van der Waals surface area contributed by atoms with Crippen molar-refractivity contribution in [2.24, 2.45) is 0 Å². The summed E-state index contributed by atoms with van der Waals surface area (Å²) in [6, 6.07) is 21.0. The highest BCUT2D eigenvalue weighted by molar-refractivity contribution is 6.31. The van der Waals surface area contributed by atoms with Gasteiger partial charge in [-0.15, -0.1) is 0 Å². The van der Waals surface area contributed by atoms with Crippen LogP contribution >= 0.6 is 11.6 Å². The fraction of sp³-hybridized carbons (Fsp3) is 0.310. The van der Waals surface area contributed by atoms with Gasteiger partial charge in [0.05, 0.1) is 6.42 Å². The zero-order valence-electron chi connectivity index (χ0n) is 20.3. The zero-order chi connectivity index (χ0) is 25.2. The van der Waals surface area contributed by atoms with E-state index >= 15 is 0 Å². The van der Waals surface area contributed by atoms with E-state index < -0.39 is 11.9 Å². The minimum Gasteiger partial charge on any atom is -0.354 e. The Morgan fingerprint density at radius 1 is 1.00 bits per heavy atom. The molecule has 6 heteroatoms. The van der Waals surface area contributed by atoms with Gasteiger partial charge in [0.25, 0.3) is 0 Å². The highest BCUT2D eigenvalue weighted by atomic mass is 35.5. The minimum absolute atomic E-state index is 0.138. The molecule has 0 fully saturated rings. The Hall–Kier alpha value is -3.18. The Morgan fingerprint density at radius 2 is 1.71 bits per heavy atom. The van der Waals surface area contributed by atoms with Crippen molar-refractivity contribution >= 4 is 23.4 Å². The molecule has 0 spiro atoms. The van der Waals surface area contributed by atoms with E-state index in [1.165, 1.54) is 12.1 Å². The van der Waals surface area contributed by atoms with Crippen LogP contribution < -0.4 is 5.32 Å². The molecule has 0 aliphatic carbocycles. The molecule has 3 aromatic rings. The first kappa shape index (κ1) is 26.4. The van der Waals surface area contributed by atoms with E-state index in [2.05, 4.69) is 12.2 Å². The second-order valence-corrected chi connectivity index (χ2v) is 9.08. The van der Waals surface area contributed by atoms with E-state index in [0.717, 1.165) is 29.5 Å². The minimum atomic E-state index is -0.757. The molecule has 0 bridgehead atoms. The molecule has 35 heavy (non-hydrogen) atoms. The molecule has 0 aromatic heterocycles. The summed E-state index contributed by atoms with van der Waals surface area (Å²) < 4.78 is 14.5. The highest BCUT2D eigenvalue weighted by Gasteiger charge is 2.31. The molecule has 184 valence electrons. The van der Waals surface area contributed by atoms with Gasteiger partial charge in [-0.1, -0.05) is 85.6 Å². The molecule has 0 unspecified atom stereocenters. The molecule has 0 radical (unpaired) electrons. The predicted molar refractivity (Wildman–Crippen MR) is 139 cm³/mol. The number of carbonyl (C=O) groups excluding carboxylic acids is 2. The van der Waals surface area contributed by atoms with Gasteiger partial charge in [0, 0.05) is 30.1 Å². The number of unbranched alkanes of at least 4 members (excludes halogenated alkanes) is 1. The Balaban J connectivity index is 1.99. The molecule has 0 heterocycles. The van der Waals surface area contributed by atoms with E-state index in [0.29, 0.717) is 13.0 Å². The summed E-state index contributed by atoms with van der Waals surface area (Å²) in [5, 5.41) is 3.19. The molecule has 0 saturated heterocycles. The fourth-order valence-corrected chi connectivity index (χ4v) is 4.21. The fourth-order valence-electron chi connectivity index (χ4n) is 3.99. The monoisotopic (exact) mass is 494 g/mol. The number of nitrogens with one attached hydrogen (secondary N) is 1. The molecular weight excluding hydrogens is 463 g/mol. The summed E-state index contributed by atoms with van der Waals surface area (Å²) in [5.41, 5.74) is 3.02. The normalized spacial score (nSPS) is 11.7. The standard InChI is InChI=1S/C29H32ClFN2O2/c1-3-4-17-32-29(35)27(18-22-12-6-5-7-13-22)33(20-23-14-9-8-11-21(23)2)28(34)19-24-25(30)15-10-16-26(24)31/h5-16,27H,3-4,17-20H2,1-2H3,(H,32,35)/t27-/m1/s1. The SMILES string of the molecule is CCCCNC(=O)[C@@H](Cc1ccccc1)N(Cc1ccccc1C)C(=O)Cc1c(F)cccc1Cl. The van der Waals surface area contributed by atoms with Crippen molar-refractivity contribution in [3.63, 3.8) is 0 Å². The molecule has 3 rings (SSSR count). The number of hydrogen-bond donors (Lipinski definition) is 1. The molecule has 0 saturated carbocycles. The quantitative estimate of drug-likeness (QED) is 0.338. The highest BCUT2D eigenvalue weighted by Crippen LogP contribution is 2.23. The van der Waals surface area contributed by atoms with Gasteiger partial charge in [-0.25, -0.2) is 4.39 Å².